The third kappa shape index (κ3) is 3.34. The van der Waals surface area contributed by atoms with Crippen molar-refractivity contribution in [2.45, 2.75) is 11.4 Å². The molecule has 0 saturated heterocycles. The van der Waals surface area contributed by atoms with Crippen LogP contribution in [0.15, 0.2) is 35.6 Å². The maximum atomic E-state index is 12.1. The van der Waals surface area contributed by atoms with Crippen molar-refractivity contribution in [1.82, 2.24) is 14.7 Å². The molecule has 1 aromatic carbocycles. The number of sulfonamides is 1. The van der Waals surface area contributed by atoms with Crippen LogP contribution in [-0.4, -0.2) is 23.4 Å². The number of hydrogen-bond acceptors (Lipinski definition) is 4. The molecule has 2 rings (SSSR count). The summed E-state index contributed by atoms with van der Waals surface area (Å²) in [5.74, 6) is 0. The highest BCUT2D eigenvalue weighted by Gasteiger charge is 2.16. The molecule has 1 aromatic heterocycles. The van der Waals surface area contributed by atoms with E-state index in [1.54, 1.807) is 0 Å². The molecule has 0 bridgehead atoms. The second-order valence-electron chi connectivity index (χ2n) is 3.91. The Morgan fingerprint density at radius 2 is 2.25 bits per heavy atom. The zero-order chi connectivity index (χ0) is 14.8. The number of benzene rings is 1. The van der Waals surface area contributed by atoms with E-state index < -0.39 is 10.0 Å². The second kappa shape index (κ2) is 5.88. The molecule has 2 aromatic rings. The minimum Gasteiger partial charge on any atom is -0.389 e. The van der Waals surface area contributed by atoms with Gasteiger partial charge in [0.05, 0.1) is 22.8 Å². The van der Waals surface area contributed by atoms with Gasteiger partial charge in [-0.2, -0.15) is 0 Å². The smallest absolute Gasteiger partial charge is 0.240 e. The van der Waals surface area contributed by atoms with Gasteiger partial charge < -0.3 is 10.7 Å². The van der Waals surface area contributed by atoms with Crippen molar-refractivity contribution in [3.63, 3.8) is 0 Å². The molecule has 0 spiro atoms. The highest BCUT2D eigenvalue weighted by atomic mass is 35.5. The summed E-state index contributed by atoms with van der Waals surface area (Å²) in [6.45, 7) is 0.108. The molecule has 0 aliphatic heterocycles. The molecule has 0 amide bonds. The third-order valence-electron chi connectivity index (χ3n) is 2.52. The van der Waals surface area contributed by atoms with Gasteiger partial charge >= 0.3 is 0 Å². The standard InChI is InChI=1S/C11H11ClN4O2S2/c12-10-3-8(1-2-9(10)11(13)19)20(17,18)16-5-7-4-14-6-15-7/h1-4,6,16H,5H2,(H2,13,19)(H,14,15). The van der Waals surface area contributed by atoms with E-state index in [4.69, 9.17) is 29.6 Å². The molecule has 0 atom stereocenters. The first-order valence-corrected chi connectivity index (χ1v) is 7.73. The maximum absolute atomic E-state index is 12.1. The summed E-state index contributed by atoms with van der Waals surface area (Å²) in [7, 11) is -3.67. The molecule has 1 heterocycles. The predicted molar refractivity (Wildman–Crippen MR) is 80.0 cm³/mol. The number of aromatic nitrogens is 2. The Balaban J connectivity index is 2.21. The van der Waals surface area contributed by atoms with Gasteiger partial charge in [0.2, 0.25) is 10.0 Å². The molecule has 0 radical (unpaired) electrons. The van der Waals surface area contributed by atoms with Crippen LogP contribution in [0.4, 0.5) is 0 Å². The van der Waals surface area contributed by atoms with E-state index in [9.17, 15) is 8.42 Å². The van der Waals surface area contributed by atoms with Crippen LogP contribution < -0.4 is 10.5 Å². The number of H-pyrrole nitrogens is 1. The number of halogens is 1. The summed E-state index contributed by atoms with van der Waals surface area (Å²) in [6.07, 6.45) is 3.00. The Labute approximate surface area is 126 Å². The fraction of sp³-hybridized carbons (Fsp3) is 0.0909. The molecular weight excluding hydrogens is 320 g/mol. The molecule has 9 heteroatoms. The van der Waals surface area contributed by atoms with Crippen LogP contribution in [0, 0.1) is 0 Å². The number of thiocarbonyl (C=S) groups is 1. The molecule has 0 aliphatic carbocycles. The SMILES string of the molecule is NC(=S)c1ccc(S(=O)(=O)NCc2cnc[nH]2)cc1Cl. The largest absolute Gasteiger partial charge is 0.389 e. The van der Waals surface area contributed by atoms with Crippen molar-refractivity contribution >= 4 is 38.8 Å². The van der Waals surface area contributed by atoms with Crippen LogP contribution in [0.2, 0.25) is 5.02 Å². The molecule has 0 unspecified atom stereocenters. The van der Waals surface area contributed by atoms with E-state index in [2.05, 4.69) is 14.7 Å². The highest BCUT2D eigenvalue weighted by molar-refractivity contribution is 7.89. The van der Waals surface area contributed by atoms with E-state index in [1.165, 1.54) is 30.7 Å². The third-order valence-corrected chi connectivity index (χ3v) is 4.46. The molecule has 0 fully saturated rings. The minimum absolute atomic E-state index is 0.0435. The average molecular weight is 331 g/mol. The first kappa shape index (κ1) is 14.9. The van der Waals surface area contributed by atoms with Crippen molar-refractivity contribution < 1.29 is 8.42 Å². The molecule has 0 aliphatic rings. The number of aromatic amines is 1. The number of hydrogen-bond donors (Lipinski definition) is 3. The topological polar surface area (TPSA) is 101 Å². The van der Waals surface area contributed by atoms with Gasteiger partial charge in [-0.25, -0.2) is 18.1 Å². The van der Waals surface area contributed by atoms with E-state index in [0.717, 1.165) is 0 Å². The van der Waals surface area contributed by atoms with Gasteiger partial charge in [0, 0.05) is 17.5 Å². The van der Waals surface area contributed by atoms with Gasteiger partial charge in [0.15, 0.2) is 0 Å². The Kier molecular flexibility index (Phi) is 4.39. The number of rotatable bonds is 5. The number of nitrogens with one attached hydrogen (secondary N) is 2. The quantitative estimate of drug-likeness (QED) is 0.715. The molecular formula is C11H11ClN4O2S2. The lowest BCUT2D eigenvalue weighted by Gasteiger charge is -2.08. The van der Waals surface area contributed by atoms with Crippen LogP contribution in [0.1, 0.15) is 11.3 Å². The lowest BCUT2D eigenvalue weighted by atomic mass is 10.2. The van der Waals surface area contributed by atoms with Crippen LogP contribution in [-0.2, 0) is 16.6 Å². The number of nitrogens with two attached hydrogens (primary N) is 1. The van der Waals surface area contributed by atoms with Gasteiger partial charge in [-0.1, -0.05) is 23.8 Å². The van der Waals surface area contributed by atoms with Gasteiger partial charge in [-0.15, -0.1) is 0 Å². The number of nitrogens with zero attached hydrogens (tertiary/aromatic N) is 1. The monoisotopic (exact) mass is 330 g/mol. The molecule has 6 nitrogen and oxygen atoms in total. The zero-order valence-corrected chi connectivity index (χ0v) is 12.5. The van der Waals surface area contributed by atoms with Crippen molar-refractivity contribution in [2.24, 2.45) is 5.73 Å². The van der Waals surface area contributed by atoms with Crippen LogP contribution >= 0.6 is 23.8 Å². The van der Waals surface area contributed by atoms with Crippen LogP contribution in [0.25, 0.3) is 0 Å². The van der Waals surface area contributed by atoms with Gasteiger partial charge in [0.1, 0.15) is 4.99 Å². The Morgan fingerprint density at radius 1 is 1.50 bits per heavy atom. The lowest BCUT2D eigenvalue weighted by molar-refractivity contribution is 0.580. The van der Waals surface area contributed by atoms with Crippen molar-refractivity contribution in [1.29, 1.82) is 0 Å². The average Bonchev–Trinajstić information content (AvgIpc) is 2.89. The first-order valence-electron chi connectivity index (χ1n) is 5.46. The molecule has 0 saturated carbocycles. The Hall–Kier alpha value is -1.48. The maximum Gasteiger partial charge on any atom is 0.240 e. The Morgan fingerprint density at radius 3 is 2.80 bits per heavy atom. The van der Waals surface area contributed by atoms with Gasteiger partial charge in [-0.3, -0.25) is 0 Å². The van der Waals surface area contributed by atoms with Crippen molar-refractivity contribution in [2.75, 3.05) is 0 Å². The van der Waals surface area contributed by atoms with Crippen molar-refractivity contribution in [3.05, 3.63) is 47.0 Å². The van der Waals surface area contributed by atoms with E-state index in [0.29, 0.717) is 11.3 Å². The lowest BCUT2D eigenvalue weighted by Crippen LogP contribution is -2.23. The van der Waals surface area contributed by atoms with Gasteiger partial charge in [0.25, 0.3) is 0 Å². The normalized spacial score (nSPS) is 11.4. The molecule has 20 heavy (non-hydrogen) atoms. The van der Waals surface area contributed by atoms with E-state index >= 15 is 0 Å². The summed E-state index contributed by atoms with van der Waals surface area (Å²) < 4.78 is 26.6. The van der Waals surface area contributed by atoms with Crippen LogP contribution in [0.3, 0.4) is 0 Å². The molecule has 4 N–H and O–H groups in total. The summed E-state index contributed by atoms with van der Waals surface area (Å²) in [6, 6.07) is 4.19. The minimum atomic E-state index is -3.67. The van der Waals surface area contributed by atoms with E-state index in [-0.39, 0.29) is 21.5 Å². The van der Waals surface area contributed by atoms with Crippen LogP contribution in [0.5, 0.6) is 0 Å². The molecule has 106 valence electrons. The fourth-order valence-corrected chi connectivity index (χ4v) is 3.11. The second-order valence-corrected chi connectivity index (χ2v) is 6.52. The predicted octanol–water partition coefficient (Wildman–Crippen LogP) is 1.18. The highest BCUT2D eigenvalue weighted by Crippen LogP contribution is 2.20. The fourth-order valence-electron chi connectivity index (χ4n) is 1.50. The Bertz CT molecular complexity index is 729. The van der Waals surface area contributed by atoms with E-state index in [1.807, 2.05) is 0 Å². The number of imidazole rings is 1. The summed E-state index contributed by atoms with van der Waals surface area (Å²) in [5, 5.41) is 0.196. The summed E-state index contributed by atoms with van der Waals surface area (Å²) >= 11 is 10.8. The zero-order valence-electron chi connectivity index (χ0n) is 10.1. The summed E-state index contributed by atoms with van der Waals surface area (Å²) in [4.78, 5) is 6.76. The van der Waals surface area contributed by atoms with Gasteiger partial charge in [-0.05, 0) is 18.2 Å². The first-order chi connectivity index (χ1) is 9.40. The van der Waals surface area contributed by atoms with Crippen molar-refractivity contribution in [3.8, 4) is 0 Å². The summed E-state index contributed by atoms with van der Waals surface area (Å²) in [5.41, 5.74) is 6.56.